The number of carboxylic acids is 1. The zero-order valence-electron chi connectivity index (χ0n) is 5.24. The number of nitrogen functional groups attached to an aromatic ring is 1. The fourth-order valence-electron chi connectivity index (χ4n) is 0.672. The van der Waals surface area contributed by atoms with E-state index in [0.29, 0.717) is 5.69 Å². The van der Waals surface area contributed by atoms with Crippen molar-refractivity contribution in [1.82, 2.24) is 0 Å². The van der Waals surface area contributed by atoms with E-state index in [9.17, 15) is 4.79 Å². The molecule has 1 rings (SSSR count). The van der Waals surface area contributed by atoms with E-state index in [4.69, 9.17) is 10.8 Å². The summed E-state index contributed by atoms with van der Waals surface area (Å²) in [7, 11) is 0. The van der Waals surface area contributed by atoms with Gasteiger partial charge in [-0.15, -0.1) is 0 Å². The van der Waals surface area contributed by atoms with Crippen LogP contribution in [-0.2, 0) is 0 Å². The Balaban J connectivity index is 3.07. The Hall–Kier alpha value is -1.32. The van der Waals surface area contributed by atoms with E-state index in [1.165, 1.54) is 12.0 Å². The van der Waals surface area contributed by atoms with Crippen molar-refractivity contribution in [2.24, 2.45) is 0 Å². The predicted molar refractivity (Wildman–Crippen MR) is 39.2 cm³/mol. The first-order valence-electron chi connectivity index (χ1n) is 2.79. The zero-order valence-corrected chi connectivity index (χ0v) is 5.24. The van der Waals surface area contributed by atoms with Gasteiger partial charge in [-0.3, -0.25) is 0 Å². The number of aromatic carboxylic acids is 1. The van der Waals surface area contributed by atoms with Gasteiger partial charge in [-0.05, 0) is 0 Å². The summed E-state index contributed by atoms with van der Waals surface area (Å²) in [5.41, 5.74) is 6.03. The molecule has 0 aliphatic heterocycles. The third-order valence-electron chi connectivity index (χ3n) is 1.13. The van der Waals surface area contributed by atoms with Gasteiger partial charge in [0.2, 0.25) is 0 Å². The first kappa shape index (κ1) is 6.80. The van der Waals surface area contributed by atoms with Crippen molar-refractivity contribution in [2.75, 3.05) is 5.73 Å². The van der Waals surface area contributed by atoms with Gasteiger partial charge >= 0.3 is 57.8 Å². The molecule has 0 unspecified atom stereocenters. The Morgan fingerprint density at radius 2 is 2.30 bits per heavy atom. The third kappa shape index (κ3) is 1.34. The molecule has 0 aliphatic carbocycles. The van der Waals surface area contributed by atoms with E-state index >= 15 is 0 Å². The first-order valence-corrected chi connectivity index (χ1v) is 2.79. The summed E-state index contributed by atoms with van der Waals surface area (Å²) >= 11 is 0. The van der Waals surface area contributed by atoms with Gasteiger partial charge in [-0.1, -0.05) is 0 Å². The van der Waals surface area contributed by atoms with Gasteiger partial charge in [-0.25, -0.2) is 0 Å². The van der Waals surface area contributed by atoms with Crippen molar-refractivity contribution in [3.63, 3.8) is 0 Å². The van der Waals surface area contributed by atoms with Crippen LogP contribution in [0.2, 0.25) is 0 Å². The monoisotopic (exact) mass is 135 g/mol. The molecule has 0 amide bonds. The zero-order chi connectivity index (χ0) is 7.56. The molecule has 1 heterocycles. The quantitative estimate of drug-likeness (QED) is 0.582. The van der Waals surface area contributed by atoms with Crippen LogP contribution >= 0.6 is 0 Å². The fourth-order valence-corrected chi connectivity index (χ4v) is 0.672. The van der Waals surface area contributed by atoms with Gasteiger partial charge in [0.1, 0.15) is 0 Å². The Morgan fingerprint density at radius 3 is 2.70 bits per heavy atom. The number of rotatable bonds is 1. The van der Waals surface area contributed by atoms with E-state index in [0.717, 1.165) is 0 Å². The van der Waals surface area contributed by atoms with Crippen LogP contribution in [0.25, 0.3) is 0 Å². The Morgan fingerprint density at radius 1 is 1.60 bits per heavy atom. The van der Waals surface area contributed by atoms with Crippen molar-refractivity contribution in [2.45, 2.75) is 0 Å². The van der Waals surface area contributed by atoms with Crippen LogP contribution in [0.4, 0.5) is 5.69 Å². The number of carboxylic acid groups (broad SMARTS) is 1. The molecule has 0 saturated carbocycles. The molecule has 0 aliphatic rings. The standard InChI is InChI=1S/C6H6BNO2/c8-5-1-4(6(9)10)2-7-3-5/h1-3H,8H2,(H,9,10). The summed E-state index contributed by atoms with van der Waals surface area (Å²) in [5, 5.41) is 8.45. The third-order valence-corrected chi connectivity index (χ3v) is 1.13. The molecule has 1 aromatic rings. The second-order valence-electron chi connectivity index (χ2n) is 1.93. The van der Waals surface area contributed by atoms with E-state index < -0.39 is 5.97 Å². The van der Waals surface area contributed by atoms with Crippen molar-refractivity contribution in [1.29, 1.82) is 0 Å². The number of carbonyl (C=O) groups is 1. The Bertz CT molecular complexity index is 262. The molecule has 50 valence electrons. The normalized spacial score (nSPS) is 8.80. The summed E-state index contributed by atoms with van der Waals surface area (Å²) in [5.74, 6) is 2.19. The summed E-state index contributed by atoms with van der Waals surface area (Å²) in [6.45, 7) is 1.61. The average molecular weight is 135 g/mol. The van der Waals surface area contributed by atoms with E-state index in [1.54, 1.807) is 12.9 Å². The van der Waals surface area contributed by atoms with Crippen LogP contribution in [0.1, 0.15) is 10.4 Å². The summed E-state index contributed by atoms with van der Waals surface area (Å²) < 4.78 is 0. The van der Waals surface area contributed by atoms with E-state index in [1.807, 2.05) is 0 Å². The summed E-state index contributed by atoms with van der Waals surface area (Å²) in [4.78, 5) is 10.3. The maximum atomic E-state index is 10.3. The van der Waals surface area contributed by atoms with Crippen molar-refractivity contribution in [3.8, 4) is 0 Å². The van der Waals surface area contributed by atoms with E-state index in [-0.39, 0.29) is 5.56 Å². The fraction of sp³-hybridized carbons (Fsp3) is 0. The molecular formula is C6H6BNO2. The second kappa shape index (κ2) is 2.52. The molecule has 1 aromatic heterocycles. The average Bonchev–Trinajstić information content (AvgIpc) is 1.88. The minimum absolute atomic E-state index is 0.222. The first-order chi connectivity index (χ1) is 4.70. The van der Waals surface area contributed by atoms with Crippen molar-refractivity contribution >= 4 is 18.6 Å². The van der Waals surface area contributed by atoms with Crippen LogP contribution < -0.4 is 5.73 Å². The molecule has 4 heteroatoms. The molecule has 0 radical (unpaired) electrons. The van der Waals surface area contributed by atoms with Crippen LogP contribution in [0.3, 0.4) is 0 Å². The van der Waals surface area contributed by atoms with Crippen molar-refractivity contribution < 1.29 is 9.90 Å². The Labute approximate surface area is 58.7 Å². The molecule has 0 spiro atoms. The Kier molecular flexibility index (Phi) is 1.71. The van der Waals surface area contributed by atoms with Crippen LogP contribution in [-0.4, -0.2) is 18.0 Å². The number of hydrogen-bond acceptors (Lipinski definition) is 2. The van der Waals surface area contributed by atoms with Gasteiger partial charge in [0.05, 0.1) is 0 Å². The van der Waals surface area contributed by atoms with Gasteiger partial charge < -0.3 is 0 Å². The number of nitrogens with two attached hydrogens (primary N) is 1. The van der Waals surface area contributed by atoms with Gasteiger partial charge in [0.25, 0.3) is 0 Å². The van der Waals surface area contributed by atoms with Crippen LogP contribution in [0.5, 0.6) is 0 Å². The summed E-state index contributed by atoms with van der Waals surface area (Å²) in [6.07, 6.45) is 0. The second-order valence-corrected chi connectivity index (χ2v) is 1.93. The van der Waals surface area contributed by atoms with Crippen LogP contribution in [0, 0.1) is 0 Å². The molecule has 0 bridgehead atoms. The molecule has 3 nitrogen and oxygen atoms in total. The minimum atomic E-state index is -0.952. The molecular weight excluding hydrogens is 129 g/mol. The topological polar surface area (TPSA) is 63.3 Å². The summed E-state index contributed by atoms with van der Waals surface area (Å²) in [6, 6.07) is 1.42. The molecule has 3 N–H and O–H groups in total. The van der Waals surface area contributed by atoms with Crippen LogP contribution in [0.15, 0.2) is 18.0 Å². The molecule has 0 fully saturated rings. The van der Waals surface area contributed by atoms with E-state index in [2.05, 4.69) is 0 Å². The number of hydrogen-bond donors (Lipinski definition) is 2. The van der Waals surface area contributed by atoms with Gasteiger partial charge in [0.15, 0.2) is 0 Å². The molecule has 0 atom stereocenters. The van der Waals surface area contributed by atoms with Gasteiger partial charge in [-0.2, -0.15) is 0 Å². The molecule has 10 heavy (non-hydrogen) atoms. The maximum absolute atomic E-state index is 10.3. The van der Waals surface area contributed by atoms with Crippen molar-refractivity contribution in [3.05, 3.63) is 23.6 Å². The molecule has 0 saturated heterocycles. The number of anilines is 1. The SMILES string of the molecule is Nc1cbcc(C(=O)O)c1. The predicted octanol–water partition coefficient (Wildman–Crippen LogP) is 0.305. The molecule has 0 aromatic carbocycles. The van der Waals surface area contributed by atoms with Gasteiger partial charge in [0, 0.05) is 0 Å².